The molecule has 0 saturated carbocycles. The molecule has 0 aromatic rings. The van der Waals surface area contributed by atoms with E-state index in [1.807, 2.05) is 0 Å². The molecule has 0 bridgehead atoms. The quantitative estimate of drug-likeness (QED) is 0.417. The molecule has 58 valence electrons. The second-order valence-electron chi connectivity index (χ2n) is 1.63. The Balaban J connectivity index is 3.58. The van der Waals surface area contributed by atoms with E-state index < -0.39 is 12.1 Å². The van der Waals surface area contributed by atoms with Crippen molar-refractivity contribution >= 4 is 12.4 Å². The van der Waals surface area contributed by atoms with Gasteiger partial charge in [-0.15, -0.1) is 0 Å². The van der Waals surface area contributed by atoms with E-state index in [0.717, 1.165) is 0 Å². The molecule has 0 aliphatic carbocycles. The zero-order chi connectivity index (χ0) is 7.98. The molecular formula is C6H10O4. The van der Waals surface area contributed by atoms with Crippen LogP contribution < -0.4 is 0 Å². The summed E-state index contributed by atoms with van der Waals surface area (Å²) in [5.41, 5.74) is 0. The van der Waals surface area contributed by atoms with E-state index in [0.29, 0.717) is 6.61 Å². The third kappa shape index (κ3) is 3.06. The van der Waals surface area contributed by atoms with Crippen molar-refractivity contribution in [2.24, 2.45) is 0 Å². The van der Waals surface area contributed by atoms with E-state index in [4.69, 9.17) is 0 Å². The lowest BCUT2D eigenvalue weighted by Gasteiger charge is -2.06. The van der Waals surface area contributed by atoms with Crippen molar-refractivity contribution in [1.82, 2.24) is 0 Å². The highest BCUT2D eigenvalue weighted by Gasteiger charge is 2.13. The van der Waals surface area contributed by atoms with Gasteiger partial charge in [0.15, 0.2) is 6.10 Å². The topological polar surface area (TPSA) is 52.6 Å². The Morgan fingerprint density at radius 1 is 1.70 bits per heavy atom. The Labute approximate surface area is 59.1 Å². The maximum Gasteiger partial charge on any atom is 0.347 e. The molecule has 0 aliphatic rings. The van der Waals surface area contributed by atoms with Gasteiger partial charge in [0.05, 0.1) is 6.61 Å². The summed E-state index contributed by atoms with van der Waals surface area (Å²) in [7, 11) is 0. The number of hydrogen-bond acceptors (Lipinski definition) is 4. The van der Waals surface area contributed by atoms with Crippen LogP contribution in [-0.4, -0.2) is 25.2 Å². The van der Waals surface area contributed by atoms with Crippen LogP contribution in [0.2, 0.25) is 0 Å². The summed E-state index contributed by atoms with van der Waals surface area (Å²) < 4.78 is 8.83. The highest BCUT2D eigenvalue weighted by molar-refractivity contribution is 5.75. The maximum atomic E-state index is 10.6. The third-order valence-electron chi connectivity index (χ3n) is 0.878. The van der Waals surface area contributed by atoms with Crippen LogP contribution in [0, 0.1) is 0 Å². The summed E-state index contributed by atoms with van der Waals surface area (Å²) in [4.78, 5) is 20.3. The first-order valence-electron chi connectivity index (χ1n) is 2.98. The van der Waals surface area contributed by atoms with Crippen LogP contribution in [0.1, 0.15) is 13.8 Å². The monoisotopic (exact) mass is 146 g/mol. The summed E-state index contributed by atoms with van der Waals surface area (Å²) in [6.45, 7) is 3.66. The first-order valence-corrected chi connectivity index (χ1v) is 2.98. The second kappa shape index (κ2) is 4.78. The van der Waals surface area contributed by atoms with Gasteiger partial charge in [0.25, 0.3) is 6.47 Å². The number of carbonyl (C=O) groups is 2. The largest absolute Gasteiger partial charge is 0.463 e. The molecule has 0 rings (SSSR count). The highest BCUT2D eigenvalue weighted by Crippen LogP contribution is 1.91. The zero-order valence-corrected chi connectivity index (χ0v) is 5.99. The molecular weight excluding hydrogens is 136 g/mol. The van der Waals surface area contributed by atoms with Gasteiger partial charge in [-0.2, -0.15) is 0 Å². The van der Waals surface area contributed by atoms with Crippen LogP contribution in [0.3, 0.4) is 0 Å². The number of carbonyl (C=O) groups excluding carboxylic acids is 2. The third-order valence-corrected chi connectivity index (χ3v) is 0.878. The smallest absolute Gasteiger partial charge is 0.347 e. The van der Waals surface area contributed by atoms with Gasteiger partial charge in [-0.05, 0) is 13.8 Å². The molecule has 1 atom stereocenters. The molecule has 0 radical (unpaired) electrons. The van der Waals surface area contributed by atoms with Gasteiger partial charge in [-0.1, -0.05) is 0 Å². The average molecular weight is 146 g/mol. The molecule has 0 aliphatic heterocycles. The van der Waals surface area contributed by atoms with E-state index in [1.165, 1.54) is 6.92 Å². The molecule has 0 aromatic heterocycles. The average Bonchev–Trinajstić information content (AvgIpc) is 1.89. The van der Waals surface area contributed by atoms with Crippen LogP contribution in [0.15, 0.2) is 0 Å². The van der Waals surface area contributed by atoms with Crippen molar-refractivity contribution in [2.75, 3.05) is 6.61 Å². The Morgan fingerprint density at radius 3 is 2.70 bits per heavy atom. The van der Waals surface area contributed by atoms with Crippen molar-refractivity contribution in [1.29, 1.82) is 0 Å². The Hall–Kier alpha value is -1.06. The van der Waals surface area contributed by atoms with E-state index in [-0.39, 0.29) is 6.47 Å². The Kier molecular flexibility index (Phi) is 4.28. The molecule has 0 fully saturated rings. The van der Waals surface area contributed by atoms with Gasteiger partial charge in [0.1, 0.15) is 0 Å². The van der Waals surface area contributed by atoms with E-state index in [2.05, 4.69) is 9.47 Å². The van der Waals surface area contributed by atoms with Crippen LogP contribution in [0.4, 0.5) is 0 Å². The van der Waals surface area contributed by atoms with E-state index in [9.17, 15) is 9.59 Å². The fraction of sp³-hybridized carbons (Fsp3) is 0.667. The predicted octanol–water partition coefficient (Wildman–Crippen LogP) is 0.111. The molecule has 0 N–H and O–H groups in total. The van der Waals surface area contributed by atoms with Crippen LogP contribution in [0.25, 0.3) is 0 Å². The van der Waals surface area contributed by atoms with E-state index >= 15 is 0 Å². The lowest BCUT2D eigenvalue weighted by atomic mass is 10.4. The molecule has 0 amide bonds. The Morgan fingerprint density at radius 2 is 2.30 bits per heavy atom. The standard InChI is InChI=1S/C6H10O4/c1-3-9-6(8)5(2)10-4-7/h4-5H,3H2,1-2H3/t5-/m1/s1. The molecule has 10 heavy (non-hydrogen) atoms. The Bertz CT molecular complexity index is 121. The minimum absolute atomic E-state index is 0.224. The highest BCUT2D eigenvalue weighted by atomic mass is 16.6. The van der Waals surface area contributed by atoms with Crippen molar-refractivity contribution in [3.63, 3.8) is 0 Å². The molecule has 0 unspecified atom stereocenters. The second-order valence-corrected chi connectivity index (χ2v) is 1.63. The molecule has 0 spiro atoms. The van der Waals surface area contributed by atoms with Crippen molar-refractivity contribution < 1.29 is 19.1 Å². The van der Waals surface area contributed by atoms with Gasteiger partial charge >= 0.3 is 5.97 Å². The van der Waals surface area contributed by atoms with Crippen molar-refractivity contribution in [2.45, 2.75) is 20.0 Å². The summed E-state index contributed by atoms with van der Waals surface area (Å²) in [5, 5.41) is 0. The van der Waals surface area contributed by atoms with Crippen LogP contribution >= 0.6 is 0 Å². The minimum atomic E-state index is -0.794. The van der Waals surface area contributed by atoms with Crippen LogP contribution in [-0.2, 0) is 19.1 Å². The van der Waals surface area contributed by atoms with Gasteiger partial charge < -0.3 is 9.47 Å². The number of ether oxygens (including phenoxy) is 2. The van der Waals surface area contributed by atoms with Gasteiger partial charge in [-0.3, -0.25) is 4.79 Å². The molecule has 4 nitrogen and oxygen atoms in total. The summed E-state index contributed by atoms with van der Waals surface area (Å²) in [5.74, 6) is -0.519. The van der Waals surface area contributed by atoms with Gasteiger partial charge in [0.2, 0.25) is 0 Å². The molecule has 0 aromatic carbocycles. The van der Waals surface area contributed by atoms with Crippen molar-refractivity contribution in [3.05, 3.63) is 0 Å². The first-order chi connectivity index (χ1) is 4.72. The normalized spacial score (nSPS) is 11.8. The zero-order valence-electron chi connectivity index (χ0n) is 5.99. The first kappa shape index (κ1) is 8.94. The van der Waals surface area contributed by atoms with E-state index in [1.54, 1.807) is 6.92 Å². The van der Waals surface area contributed by atoms with Gasteiger partial charge in [-0.25, -0.2) is 4.79 Å². The summed E-state index contributed by atoms with van der Waals surface area (Å²) in [6, 6.07) is 0. The summed E-state index contributed by atoms with van der Waals surface area (Å²) in [6.07, 6.45) is -0.794. The minimum Gasteiger partial charge on any atom is -0.463 e. The molecule has 0 saturated heterocycles. The molecule has 0 heterocycles. The number of hydrogen-bond donors (Lipinski definition) is 0. The lowest BCUT2D eigenvalue weighted by Crippen LogP contribution is -2.22. The number of rotatable bonds is 4. The molecule has 4 heteroatoms. The SMILES string of the molecule is CCOC(=O)[C@@H](C)OC=O. The van der Waals surface area contributed by atoms with Crippen LogP contribution in [0.5, 0.6) is 0 Å². The number of esters is 1. The summed E-state index contributed by atoms with van der Waals surface area (Å²) >= 11 is 0. The maximum absolute atomic E-state index is 10.6. The van der Waals surface area contributed by atoms with Crippen molar-refractivity contribution in [3.8, 4) is 0 Å². The fourth-order valence-corrected chi connectivity index (χ4v) is 0.399. The lowest BCUT2D eigenvalue weighted by molar-refractivity contribution is -0.159. The van der Waals surface area contributed by atoms with Gasteiger partial charge in [0, 0.05) is 0 Å². The fourth-order valence-electron chi connectivity index (χ4n) is 0.399. The predicted molar refractivity (Wildman–Crippen MR) is 33.2 cm³/mol.